The minimum Gasteiger partial charge on any atom is -0.295 e. The molecule has 1 aliphatic rings. The molecule has 0 aromatic carbocycles. The second kappa shape index (κ2) is 6.58. The average Bonchev–Trinajstić information content (AvgIpc) is 2.71. The van der Waals surface area contributed by atoms with Crippen LogP contribution in [0, 0.1) is 0 Å². The molecule has 1 fully saturated rings. The molecule has 0 aromatic rings. The first-order valence-corrected chi connectivity index (χ1v) is 7.01. The fourth-order valence-electron chi connectivity index (χ4n) is 2.70. The zero-order chi connectivity index (χ0) is 12.0. The van der Waals surface area contributed by atoms with Crippen LogP contribution in [0.25, 0.3) is 0 Å². The van der Waals surface area contributed by atoms with E-state index < -0.39 is 6.17 Å². The number of hydrogen-bond acceptors (Lipinski definition) is 1. The van der Waals surface area contributed by atoms with E-state index in [2.05, 4.69) is 25.7 Å². The molecule has 2 heteroatoms. The van der Waals surface area contributed by atoms with Crippen molar-refractivity contribution in [3.63, 3.8) is 0 Å². The molecular formula is C14H28FN. The van der Waals surface area contributed by atoms with Crippen LogP contribution >= 0.6 is 0 Å². The lowest BCUT2D eigenvalue weighted by atomic mass is 9.89. The van der Waals surface area contributed by atoms with Gasteiger partial charge in [-0.3, -0.25) is 4.90 Å². The summed E-state index contributed by atoms with van der Waals surface area (Å²) in [4.78, 5) is 2.38. The first-order chi connectivity index (χ1) is 7.62. The lowest BCUT2D eigenvalue weighted by Gasteiger charge is -2.38. The van der Waals surface area contributed by atoms with Crippen LogP contribution < -0.4 is 0 Å². The summed E-state index contributed by atoms with van der Waals surface area (Å²) in [5, 5.41) is 0. The highest BCUT2D eigenvalue weighted by Crippen LogP contribution is 2.30. The number of rotatable bonds is 7. The number of halogens is 1. The van der Waals surface area contributed by atoms with E-state index in [0.29, 0.717) is 6.54 Å². The zero-order valence-electron chi connectivity index (χ0n) is 11.3. The minimum atomic E-state index is -0.582. The van der Waals surface area contributed by atoms with E-state index >= 15 is 0 Å². The fraction of sp³-hybridized carbons (Fsp3) is 1.00. The molecule has 1 rings (SSSR count). The maximum Gasteiger partial charge on any atom is 0.114 e. The highest BCUT2D eigenvalue weighted by atomic mass is 19.1. The first kappa shape index (κ1) is 14.0. The summed E-state index contributed by atoms with van der Waals surface area (Å²) in [6, 6.07) is 0. The van der Waals surface area contributed by atoms with Crippen molar-refractivity contribution in [2.75, 3.05) is 13.1 Å². The third-order valence-electron chi connectivity index (χ3n) is 4.22. The summed E-state index contributed by atoms with van der Waals surface area (Å²) in [6.07, 6.45) is 7.79. The van der Waals surface area contributed by atoms with Crippen molar-refractivity contribution >= 4 is 0 Å². The fourth-order valence-corrected chi connectivity index (χ4v) is 2.70. The third-order valence-corrected chi connectivity index (χ3v) is 4.22. The van der Waals surface area contributed by atoms with Gasteiger partial charge in [0.25, 0.3) is 0 Å². The summed E-state index contributed by atoms with van der Waals surface area (Å²) in [7, 11) is 0. The molecule has 0 radical (unpaired) electrons. The molecule has 0 spiro atoms. The van der Waals surface area contributed by atoms with Gasteiger partial charge in [-0.1, -0.05) is 39.5 Å². The van der Waals surface area contributed by atoms with Crippen molar-refractivity contribution in [3.8, 4) is 0 Å². The quantitative estimate of drug-likeness (QED) is 0.592. The number of likely N-dealkylation sites (tertiary alicyclic amines) is 1. The van der Waals surface area contributed by atoms with Crippen LogP contribution in [0.5, 0.6) is 0 Å². The lowest BCUT2D eigenvalue weighted by molar-refractivity contribution is 0.107. The highest BCUT2D eigenvalue weighted by Gasteiger charge is 2.35. The van der Waals surface area contributed by atoms with Crippen molar-refractivity contribution in [1.29, 1.82) is 0 Å². The van der Waals surface area contributed by atoms with Gasteiger partial charge in [0.2, 0.25) is 0 Å². The van der Waals surface area contributed by atoms with Crippen LogP contribution in [-0.4, -0.2) is 29.7 Å². The summed E-state index contributed by atoms with van der Waals surface area (Å²) in [5.74, 6) is 0. The van der Waals surface area contributed by atoms with E-state index in [1.54, 1.807) is 0 Å². The van der Waals surface area contributed by atoms with E-state index in [9.17, 15) is 4.39 Å². The van der Waals surface area contributed by atoms with Gasteiger partial charge in [-0.25, -0.2) is 4.39 Å². The van der Waals surface area contributed by atoms with E-state index in [4.69, 9.17) is 0 Å². The topological polar surface area (TPSA) is 3.24 Å². The SMILES string of the molecule is CCCCCCC(C)(CC)N1CCC(F)C1. The minimum absolute atomic E-state index is 0.245. The number of nitrogens with zero attached hydrogens (tertiary/aromatic N) is 1. The number of hydrogen-bond donors (Lipinski definition) is 0. The lowest BCUT2D eigenvalue weighted by Crippen LogP contribution is -2.44. The molecule has 1 nitrogen and oxygen atoms in total. The standard InChI is InChI=1S/C14H28FN/c1-4-6-7-8-10-14(3,5-2)16-11-9-13(15)12-16/h13H,4-12H2,1-3H3. The first-order valence-electron chi connectivity index (χ1n) is 7.01. The van der Waals surface area contributed by atoms with Crippen molar-refractivity contribution in [2.24, 2.45) is 0 Å². The number of unbranched alkanes of at least 4 members (excludes halogenated alkanes) is 3. The van der Waals surface area contributed by atoms with E-state index in [1.165, 1.54) is 32.1 Å². The van der Waals surface area contributed by atoms with Gasteiger partial charge in [0, 0.05) is 18.6 Å². The molecule has 0 aromatic heterocycles. The Morgan fingerprint density at radius 3 is 2.50 bits per heavy atom. The molecule has 1 aliphatic heterocycles. The Morgan fingerprint density at radius 2 is 2.00 bits per heavy atom. The van der Waals surface area contributed by atoms with Gasteiger partial charge in [-0.05, 0) is 26.2 Å². The largest absolute Gasteiger partial charge is 0.295 e. The Labute approximate surface area is 100 Å². The Balaban J connectivity index is 2.36. The second-order valence-corrected chi connectivity index (χ2v) is 5.49. The van der Waals surface area contributed by atoms with Gasteiger partial charge in [-0.15, -0.1) is 0 Å². The normalized spacial score (nSPS) is 25.9. The molecule has 0 saturated carbocycles. The van der Waals surface area contributed by atoms with E-state index in [-0.39, 0.29) is 5.54 Å². The van der Waals surface area contributed by atoms with Crippen molar-refractivity contribution in [3.05, 3.63) is 0 Å². The smallest absolute Gasteiger partial charge is 0.114 e. The molecule has 0 amide bonds. The van der Waals surface area contributed by atoms with Gasteiger partial charge >= 0.3 is 0 Å². The van der Waals surface area contributed by atoms with Crippen molar-refractivity contribution < 1.29 is 4.39 Å². The van der Waals surface area contributed by atoms with Crippen LogP contribution in [0.15, 0.2) is 0 Å². The predicted molar refractivity (Wildman–Crippen MR) is 68.5 cm³/mol. The highest BCUT2D eigenvalue weighted by molar-refractivity contribution is 4.90. The van der Waals surface area contributed by atoms with Crippen LogP contribution in [0.1, 0.15) is 65.7 Å². The van der Waals surface area contributed by atoms with Gasteiger partial charge in [0.1, 0.15) is 6.17 Å². The molecule has 0 aliphatic carbocycles. The Morgan fingerprint density at radius 1 is 1.25 bits per heavy atom. The van der Waals surface area contributed by atoms with Crippen LogP contribution in [0.2, 0.25) is 0 Å². The molecule has 1 saturated heterocycles. The summed E-state index contributed by atoms with van der Waals surface area (Å²) in [5.41, 5.74) is 0.245. The maximum absolute atomic E-state index is 13.2. The van der Waals surface area contributed by atoms with Crippen molar-refractivity contribution in [1.82, 2.24) is 4.90 Å². The van der Waals surface area contributed by atoms with Crippen LogP contribution in [0.4, 0.5) is 4.39 Å². The number of alkyl halides is 1. The summed E-state index contributed by atoms with van der Waals surface area (Å²) in [6.45, 7) is 8.42. The molecule has 0 bridgehead atoms. The molecular weight excluding hydrogens is 201 g/mol. The second-order valence-electron chi connectivity index (χ2n) is 5.49. The van der Waals surface area contributed by atoms with Gasteiger partial charge in [0.05, 0.1) is 0 Å². The summed E-state index contributed by atoms with van der Waals surface area (Å²) >= 11 is 0. The zero-order valence-corrected chi connectivity index (χ0v) is 11.3. The average molecular weight is 229 g/mol. The third kappa shape index (κ3) is 3.73. The Hall–Kier alpha value is -0.110. The Kier molecular flexibility index (Phi) is 5.74. The van der Waals surface area contributed by atoms with Gasteiger partial charge in [0.15, 0.2) is 0 Å². The molecule has 96 valence electrons. The van der Waals surface area contributed by atoms with Crippen molar-refractivity contribution in [2.45, 2.75) is 77.4 Å². The van der Waals surface area contributed by atoms with Crippen LogP contribution in [0.3, 0.4) is 0 Å². The monoisotopic (exact) mass is 229 g/mol. The molecule has 16 heavy (non-hydrogen) atoms. The molecule has 2 unspecified atom stereocenters. The molecule has 0 N–H and O–H groups in total. The Bertz CT molecular complexity index is 195. The van der Waals surface area contributed by atoms with Gasteiger partial charge in [-0.2, -0.15) is 0 Å². The van der Waals surface area contributed by atoms with E-state index in [0.717, 1.165) is 19.4 Å². The summed E-state index contributed by atoms with van der Waals surface area (Å²) < 4.78 is 13.2. The molecule has 1 heterocycles. The molecule has 2 atom stereocenters. The predicted octanol–water partition coefficient (Wildman–Crippen LogP) is 4.17. The van der Waals surface area contributed by atoms with Crippen LogP contribution in [-0.2, 0) is 0 Å². The maximum atomic E-state index is 13.2. The van der Waals surface area contributed by atoms with E-state index in [1.807, 2.05) is 0 Å². The van der Waals surface area contributed by atoms with Gasteiger partial charge < -0.3 is 0 Å².